The van der Waals surface area contributed by atoms with Gasteiger partial charge in [0, 0.05) is 30.1 Å². The van der Waals surface area contributed by atoms with Crippen molar-refractivity contribution in [1.82, 2.24) is 19.7 Å². The highest BCUT2D eigenvalue weighted by Gasteiger charge is 2.35. The molecule has 0 atom stereocenters. The number of likely N-dealkylation sites (tertiary alicyclic amines) is 1. The van der Waals surface area contributed by atoms with Gasteiger partial charge in [0.1, 0.15) is 6.54 Å². The summed E-state index contributed by atoms with van der Waals surface area (Å²) in [5.74, 6) is 0.463. The standard InChI is InChI=1S/C16H18ClF3N4OS/c1-10-6-13(16(18,19)20)22-24(10)8-14(25)23-4-2-11(3-5-23)15-21-12(7-17)9-26-15/h6,9,11H,2-5,7-8H2,1H3. The van der Waals surface area contributed by atoms with Gasteiger partial charge < -0.3 is 4.90 Å². The molecule has 1 aliphatic rings. The van der Waals surface area contributed by atoms with E-state index in [1.165, 1.54) is 6.92 Å². The number of piperidine rings is 1. The molecule has 1 fully saturated rings. The first-order valence-corrected chi connectivity index (χ1v) is 9.59. The first-order valence-electron chi connectivity index (χ1n) is 8.17. The molecule has 1 saturated heterocycles. The minimum atomic E-state index is -4.51. The van der Waals surface area contributed by atoms with E-state index in [4.69, 9.17) is 11.6 Å². The zero-order valence-corrected chi connectivity index (χ0v) is 15.7. The number of aromatic nitrogens is 3. The fourth-order valence-corrected chi connectivity index (χ4v) is 4.20. The summed E-state index contributed by atoms with van der Waals surface area (Å²) in [5.41, 5.74) is 0.206. The van der Waals surface area contributed by atoms with E-state index in [-0.39, 0.29) is 12.5 Å². The van der Waals surface area contributed by atoms with E-state index in [1.54, 1.807) is 16.2 Å². The molecule has 5 nitrogen and oxygen atoms in total. The van der Waals surface area contributed by atoms with Gasteiger partial charge in [-0.05, 0) is 25.8 Å². The Hall–Kier alpha value is -1.61. The van der Waals surface area contributed by atoms with Crippen LogP contribution in [0, 0.1) is 6.92 Å². The average molecular weight is 407 g/mol. The van der Waals surface area contributed by atoms with Gasteiger partial charge in [0.15, 0.2) is 5.69 Å². The van der Waals surface area contributed by atoms with Crippen molar-refractivity contribution in [3.63, 3.8) is 0 Å². The molecule has 2 aromatic rings. The van der Waals surface area contributed by atoms with Crippen molar-refractivity contribution in [2.45, 2.75) is 44.3 Å². The summed E-state index contributed by atoms with van der Waals surface area (Å²) in [6, 6.07) is 0.955. The summed E-state index contributed by atoms with van der Waals surface area (Å²) < 4.78 is 39.3. The van der Waals surface area contributed by atoms with Gasteiger partial charge in [0.05, 0.1) is 16.6 Å². The van der Waals surface area contributed by atoms with Crippen LogP contribution in [0.25, 0.3) is 0 Å². The Morgan fingerprint density at radius 3 is 2.62 bits per heavy atom. The first kappa shape index (κ1) is 19.2. The number of thiazole rings is 1. The lowest BCUT2D eigenvalue weighted by Crippen LogP contribution is -2.40. The van der Waals surface area contributed by atoms with Gasteiger partial charge in [-0.25, -0.2) is 4.98 Å². The average Bonchev–Trinajstić information content (AvgIpc) is 3.22. The Morgan fingerprint density at radius 2 is 2.08 bits per heavy atom. The minimum absolute atomic E-state index is 0.180. The number of carbonyl (C=O) groups is 1. The molecule has 0 radical (unpaired) electrons. The Morgan fingerprint density at radius 1 is 1.38 bits per heavy atom. The maximum absolute atomic E-state index is 12.7. The summed E-state index contributed by atoms with van der Waals surface area (Å²) in [7, 11) is 0. The predicted octanol–water partition coefficient (Wildman–Crippen LogP) is 3.81. The maximum Gasteiger partial charge on any atom is 0.435 e. The van der Waals surface area contributed by atoms with Crippen molar-refractivity contribution in [3.8, 4) is 0 Å². The van der Waals surface area contributed by atoms with Crippen LogP contribution < -0.4 is 0 Å². The highest BCUT2D eigenvalue weighted by molar-refractivity contribution is 7.09. The van der Waals surface area contributed by atoms with Gasteiger partial charge in [-0.2, -0.15) is 18.3 Å². The summed E-state index contributed by atoms with van der Waals surface area (Å²) in [6.45, 7) is 2.45. The van der Waals surface area contributed by atoms with Crippen molar-refractivity contribution in [2.75, 3.05) is 13.1 Å². The molecule has 0 aliphatic carbocycles. The highest BCUT2D eigenvalue weighted by Crippen LogP contribution is 2.31. The Kier molecular flexibility index (Phi) is 5.57. The molecule has 10 heteroatoms. The second-order valence-electron chi connectivity index (χ2n) is 6.29. The summed E-state index contributed by atoms with van der Waals surface area (Å²) >= 11 is 7.36. The van der Waals surface area contributed by atoms with E-state index in [1.807, 2.05) is 5.38 Å². The van der Waals surface area contributed by atoms with E-state index < -0.39 is 11.9 Å². The molecule has 0 unspecified atom stereocenters. The van der Waals surface area contributed by atoms with Gasteiger partial charge >= 0.3 is 6.18 Å². The van der Waals surface area contributed by atoms with E-state index in [0.717, 1.165) is 34.3 Å². The largest absolute Gasteiger partial charge is 0.435 e. The second-order valence-corrected chi connectivity index (χ2v) is 7.45. The van der Waals surface area contributed by atoms with Gasteiger partial charge in [-0.1, -0.05) is 0 Å². The Labute approximate surface area is 157 Å². The number of aryl methyl sites for hydroxylation is 1. The molecule has 26 heavy (non-hydrogen) atoms. The molecule has 1 aliphatic heterocycles. The third-order valence-electron chi connectivity index (χ3n) is 4.46. The monoisotopic (exact) mass is 406 g/mol. The summed E-state index contributed by atoms with van der Waals surface area (Å²) in [4.78, 5) is 18.6. The van der Waals surface area contributed by atoms with Crippen LogP contribution in [-0.2, 0) is 23.4 Å². The molecule has 0 spiro atoms. The Bertz CT molecular complexity index is 781. The van der Waals surface area contributed by atoms with E-state index >= 15 is 0 Å². The van der Waals surface area contributed by atoms with Crippen molar-refractivity contribution < 1.29 is 18.0 Å². The highest BCUT2D eigenvalue weighted by atomic mass is 35.5. The van der Waals surface area contributed by atoms with Crippen LogP contribution in [0.3, 0.4) is 0 Å². The third-order valence-corrected chi connectivity index (χ3v) is 5.79. The van der Waals surface area contributed by atoms with E-state index in [9.17, 15) is 18.0 Å². The summed E-state index contributed by atoms with van der Waals surface area (Å²) in [6.07, 6.45) is -2.94. The fourth-order valence-electron chi connectivity index (χ4n) is 2.98. The van der Waals surface area contributed by atoms with Crippen LogP contribution in [0.15, 0.2) is 11.4 Å². The number of hydrogen-bond donors (Lipinski definition) is 0. The third kappa shape index (κ3) is 4.20. The molecule has 2 aromatic heterocycles. The first-order chi connectivity index (χ1) is 12.3. The van der Waals surface area contributed by atoms with Crippen molar-refractivity contribution in [2.24, 2.45) is 0 Å². The SMILES string of the molecule is Cc1cc(C(F)(F)F)nn1CC(=O)N1CCC(c2nc(CCl)cs2)CC1. The normalized spacial score (nSPS) is 16.3. The molecule has 0 saturated carbocycles. The lowest BCUT2D eigenvalue weighted by molar-refractivity contribution is -0.142. The van der Waals surface area contributed by atoms with Gasteiger partial charge in [0.2, 0.25) is 5.91 Å². The second kappa shape index (κ2) is 7.56. The van der Waals surface area contributed by atoms with Crippen molar-refractivity contribution in [1.29, 1.82) is 0 Å². The number of halogens is 4. The molecular formula is C16H18ClF3N4OS. The molecule has 0 N–H and O–H groups in total. The number of amides is 1. The molecule has 0 bridgehead atoms. The molecule has 3 heterocycles. The van der Waals surface area contributed by atoms with Crippen LogP contribution in [0.1, 0.15) is 40.8 Å². The molecule has 1 amide bonds. The van der Waals surface area contributed by atoms with E-state index in [0.29, 0.717) is 30.6 Å². The van der Waals surface area contributed by atoms with Crippen LogP contribution in [-0.4, -0.2) is 38.7 Å². The van der Waals surface area contributed by atoms with Crippen LogP contribution in [0.4, 0.5) is 13.2 Å². The predicted molar refractivity (Wildman–Crippen MR) is 92.2 cm³/mol. The summed E-state index contributed by atoms with van der Waals surface area (Å²) in [5, 5.41) is 6.49. The van der Waals surface area contributed by atoms with Crippen molar-refractivity contribution in [3.05, 3.63) is 33.5 Å². The number of nitrogens with zero attached hydrogens (tertiary/aromatic N) is 4. The number of carbonyl (C=O) groups excluding carboxylic acids is 1. The van der Waals surface area contributed by atoms with Crippen LogP contribution in [0.2, 0.25) is 0 Å². The molecule has 0 aromatic carbocycles. The van der Waals surface area contributed by atoms with E-state index in [2.05, 4.69) is 10.1 Å². The van der Waals surface area contributed by atoms with Gasteiger partial charge in [-0.3, -0.25) is 9.48 Å². The molecule has 3 rings (SSSR count). The minimum Gasteiger partial charge on any atom is -0.341 e. The number of rotatable bonds is 4. The molecular weight excluding hydrogens is 389 g/mol. The number of alkyl halides is 4. The van der Waals surface area contributed by atoms with Crippen molar-refractivity contribution >= 4 is 28.8 Å². The quantitative estimate of drug-likeness (QED) is 0.725. The maximum atomic E-state index is 12.7. The van der Waals surface area contributed by atoms with Crippen LogP contribution in [0.5, 0.6) is 0 Å². The zero-order chi connectivity index (χ0) is 18.9. The van der Waals surface area contributed by atoms with Gasteiger partial charge in [-0.15, -0.1) is 22.9 Å². The zero-order valence-electron chi connectivity index (χ0n) is 14.1. The fraction of sp³-hybridized carbons (Fsp3) is 0.562. The smallest absolute Gasteiger partial charge is 0.341 e. The lowest BCUT2D eigenvalue weighted by Gasteiger charge is -2.31. The topological polar surface area (TPSA) is 51.0 Å². The van der Waals surface area contributed by atoms with Crippen LogP contribution >= 0.6 is 22.9 Å². The van der Waals surface area contributed by atoms with Gasteiger partial charge in [0.25, 0.3) is 0 Å². The lowest BCUT2D eigenvalue weighted by atomic mass is 9.97. The Balaban J connectivity index is 1.58. The molecule has 142 valence electrons. The number of hydrogen-bond acceptors (Lipinski definition) is 4.